The number of pyridine rings is 1. The molecule has 0 radical (unpaired) electrons. The molecule has 0 unspecified atom stereocenters. The molecular weight excluding hydrogens is 190 g/mol. The number of rotatable bonds is 4. The highest BCUT2D eigenvalue weighted by Gasteiger charge is 2.06. The smallest absolute Gasteiger partial charge is 0.137 e. The van der Waals surface area contributed by atoms with Gasteiger partial charge in [0, 0.05) is 19.3 Å². The topological polar surface area (TPSA) is 49.6 Å². The molecule has 0 saturated carbocycles. The standard InChI is InChI=1S/C11H15N3O/c1-9-10(8-12-5-7-15)14-6-3-2-4-11(14)13-9/h2-4,6,12,15H,5,7-8H2,1H3. The van der Waals surface area contributed by atoms with E-state index in [4.69, 9.17) is 5.11 Å². The number of aliphatic hydroxyl groups excluding tert-OH is 1. The number of aromatic nitrogens is 2. The maximum absolute atomic E-state index is 8.69. The van der Waals surface area contributed by atoms with Crippen LogP contribution in [-0.2, 0) is 6.54 Å². The molecule has 2 aromatic heterocycles. The minimum Gasteiger partial charge on any atom is -0.395 e. The van der Waals surface area contributed by atoms with Gasteiger partial charge in [-0.1, -0.05) is 6.07 Å². The van der Waals surface area contributed by atoms with E-state index in [0.29, 0.717) is 6.54 Å². The van der Waals surface area contributed by atoms with E-state index in [1.807, 2.05) is 31.3 Å². The van der Waals surface area contributed by atoms with E-state index < -0.39 is 0 Å². The zero-order chi connectivity index (χ0) is 10.7. The molecule has 0 aliphatic rings. The van der Waals surface area contributed by atoms with E-state index in [0.717, 1.165) is 23.6 Å². The van der Waals surface area contributed by atoms with Crippen LogP contribution >= 0.6 is 0 Å². The fraction of sp³-hybridized carbons (Fsp3) is 0.364. The lowest BCUT2D eigenvalue weighted by Crippen LogP contribution is -2.19. The van der Waals surface area contributed by atoms with Gasteiger partial charge >= 0.3 is 0 Å². The quantitative estimate of drug-likeness (QED) is 0.723. The van der Waals surface area contributed by atoms with Gasteiger partial charge in [-0.25, -0.2) is 4.98 Å². The van der Waals surface area contributed by atoms with Crippen LogP contribution in [0.15, 0.2) is 24.4 Å². The molecule has 4 nitrogen and oxygen atoms in total. The summed E-state index contributed by atoms with van der Waals surface area (Å²) >= 11 is 0. The predicted octanol–water partition coefficient (Wildman–Crippen LogP) is 0.725. The summed E-state index contributed by atoms with van der Waals surface area (Å²) < 4.78 is 2.07. The zero-order valence-electron chi connectivity index (χ0n) is 8.77. The third-order valence-corrected chi connectivity index (χ3v) is 2.41. The van der Waals surface area contributed by atoms with E-state index in [2.05, 4.69) is 14.7 Å². The normalized spacial score (nSPS) is 11.1. The van der Waals surface area contributed by atoms with E-state index in [1.54, 1.807) is 0 Å². The molecule has 4 heteroatoms. The predicted molar refractivity (Wildman–Crippen MR) is 58.7 cm³/mol. The van der Waals surface area contributed by atoms with E-state index >= 15 is 0 Å². The molecule has 2 rings (SSSR count). The third-order valence-electron chi connectivity index (χ3n) is 2.41. The van der Waals surface area contributed by atoms with Crippen molar-refractivity contribution in [2.45, 2.75) is 13.5 Å². The second kappa shape index (κ2) is 4.42. The van der Waals surface area contributed by atoms with Crippen LogP contribution in [-0.4, -0.2) is 27.6 Å². The molecule has 2 N–H and O–H groups in total. The Kier molecular flexibility index (Phi) is 2.99. The Morgan fingerprint density at radius 2 is 2.33 bits per heavy atom. The Hall–Kier alpha value is -1.39. The summed E-state index contributed by atoms with van der Waals surface area (Å²) in [6.07, 6.45) is 2.01. The van der Waals surface area contributed by atoms with Crippen molar-refractivity contribution in [1.29, 1.82) is 0 Å². The van der Waals surface area contributed by atoms with Crippen molar-refractivity contribution in [2.24, 2.45) is 0 Å². The molecule has 0 aromatic carbocycles. The molecule has 0 atom stereocenters. The SMILES string of the molecule is Cc1nc2ccccn2c1CNCCO. The Morgan fingerprint density at radius 3 is 3.13 bits per heavy atom. The van der Waals surface area contributed by atoms with Crippen LogP contribution in [0.2, 0.25) is 0 Å². The van der Waals surface area contributed by atoms with E-state index in [1.165, 1.54) is 0 Å². The highest BCUT2D eigenvalue weighted by molar-refractivity contribution is 5.42. The molecule has 0 bridgehead atoms. The maximum Gasteiger partial charge on any atom is 0.137 e. The van der Waals surface area contributed by atoms with Crippen LogP contribution in [0.4, 0.5) is 0 Å². The number of nitrogens with one attached hydrogen (secondary N) is 1. The van der Waals surface area contributed by atoms with E-state index in [-0.39, 0.29) is 6.61 Å². The van der Waals surface area contributed by atoms with Gasteiger partial charge in [-0.3, -0.25) is 0 Å². The summed E-state index contributed by atoms with van der Waals surface area (Å²) in [7, 11) is 0. The summed E-state index contributed by atoms with van der Waals surface area (Å²) in [4.78, 5) is 4.45. The highest BCUT2D eigenvalue weighted by atomic mass is 16.3. The Morgan fingerprint density at radius 1 is 1.47 bits per heavy atom. The van der Waals surface area contributed by atoms with Crippen molar-refractivity contribution in [3.8, 4) is 0 Å². The summed E-state index contributed by atoms with van der Waals surface area (Å²) in [5.41, 5.74) is 3.15. The lowest BCUT2D eigenvalue weighted by atomic mass is 10.3. The summed E-state index contributed by atoms with van der Waals surface area (Å²) in [6, 6.07) is 5.96. The highest BCUT2D eigenvalue weighted by Crippen LogP contribution is 2.10. The number of imidazole rings is 1. The van der Waals surface area contributed by atoms with Gasteiger partial charge in [-0.15, -0.1) is 0 Å². The first-order chi connectivity index (χ1) is 7.33. The number of nitrogens with zero attached hydrogens (tertiary/aromatic N) is 2. The van der Waals surface area contributed by atoms with Crippen LogP contribution < -0.4 is 5.32 Å². The fourth-order valence-electron chi connectivity index (χ4n) is 1.66. The van der Waals surface area contributed by atoms with Gasteiger partial charge in [0.1, 0.15) is 5.65 Å². The largest absolute Gasteiger partial charge is 0.395 e. The van der Waals surface area contributed by atoms with Crippen LogP contribution in [0, 0.1) is 6.92 Å². The first kappa shape index (κ1) is 10.1. The van der Waals surface area contributed by atoms with Crippen molar-refractivity contribution in [3.63, 3.8) is 0 Å². The number of fused-ring (bicyclic) bond motifs is 1. The van der Waals surface area contributed by atoms with Crippen molar-refractivity contribution in [1.82, 2.24) is 14.7 Å². The van der Waals surface area contributed by atoms with Gasteiger partial charge in [-0.2, -0.15) is 0 Å². The van der Waals surface area contributed by atoms with Gasteiger partial charge in [0.2, 0.25) is 0 Å². The van der Waals surface area contributed by atoms with Crippen molar-refractivity contribution >= 4 is 5.65 Å². The van der Waals surface area contributed by atoms with Crippen LogP contribution in [0.5, 0.6) is 0 Å². The number of hydrogen-bond acceptors (Lipinski definition) is 3. The fourth-order valence-corrected chi connectivity index (χ4v) is 1.66. The van der Waals surface area contributed by atoms with Crippen molar-refractivity contribution < 1.29 is 5.11 Å². The molecule has 2 aromatic rings. The van der Waals surface area contributed by atoms with Crippen molar-refractivity contribution in [2.75, 3.05) is 13.2 Å². The first-order valence-electron chi connectivity index (χ1n) is 5.07. The molecule has 0 aliphatic heterocycles. The minimum absolute atomic E-state index is 0.162. The number of aryl methyl sites for hydroxylation is 1. The molecule has 15 heavy (non-hydrogen) atoms. The molecule has 2 heterocycles. The molecule has 0 amide bonds. The van der Waals surface area contributed by atoms with Gasteiger partial charge in [-0.05, 0) is 19.1 Å². The summed E-state index contributed by atoms with van der Waals surface area (Å²) in [5, 5.41) is 11.9. The second-order valence-corrected chi connectivity index (χ2v) is 3.47. The van der Waals surface area contributed by atoms with Gasteiger partial charge in [0.15, 0.2) is 0 Å². The number of aliphatic hydroxyl groups is 1. The Bertz CT molecular complexity index is 450. The zero-order valence-corrected chi connectivity index (χ0v) is 8.77. The Labute approximate surface area is 88.6 Å². The third kappa shape index (κ3) is 2.00. The maximum atomic E-state index is 8.69. The molecular formula is C11H15N3O. The van der Waals surface area contributed by atoms with Crippen LogP contribution in [0.25, 0.3) is 5.65 Å². The van der Waals surface area contributed by atoms with Crippen LogP contribution in [0.3, 0.4) is 0 Å². The second-order valence-electron chi connectivity index (χ2n) is 3.47. The van der Waals surface area contributed by atoms with Gasteiger partial charge < -0.3 is 14.8 Å². The molecule has 80 valence electrons. The van der Waals surface area contributed by atoms with Gasteiger partial charge in [0.25, 0.3) is 0 Å². The van der Waals surface area contributed by atoms with Gasteiger partial charge in [0.05, 0.1) is 18.0 Å². The first-order valence-corrected chi connectivity index (χ1v) is 5.07. The monoisotopic (exact) mass is 205 g/mol. The molecule has 0 fully saturated rings. The number of hydrogen-bond donors (Lipinski definition) is 2. The van der Waals surface area contributed by atoms with Crippen LogP contribution in [0.1, 0.15) is 11.4 Å². The summed E-state index contributed by atoms with van der Waals surface area (Å²) in [6.45, 7) is 3.51. The molecule has 0 aliphatic carbocycles. The minimum atomic E-state index is 0.162. The average molecular weight is 205 g/mol. The van der Waals surface area contributed by atoms with Crippen molar-refractivity contribution in [3.05, 3.63) is 35.8 Å². The lowest BCUT2D eigenvalue weighted by Gasteiger charge is -2.03. The average Bonchev–Trinajstić information content (AvgIpc) is 2.56. The van der Waals surface area contributed by atoms with E-state index in [9.17, 15) is 0 Å². The molecule has 0 spiro atoms. The Balaban J connectivity index is 2.28. The lowest BCUT2D eigenvalue weighted by molar-refractivity contribution is 0.291. The molecule has 0 saturated heterocycles. The summed E-state index contributed by atoms with van der Waals surface area (Å²) in [5.74, 6) is 0.